The first-order valence-electron chi connectivity index (χ1n) is 8.48. The van der Waals surface area contributed by atoms with Crippen molar-refractivity contribution in [2.24, 2.45) is 0 Å². The molecule has 0 saturated carbocycles. The highest BCUT2D eigenvalue weighted by Crippen LogP contribution is 2.18. The van der Waals surface area contributed by atoms with Gasteiger partial charge in [-0.3, -0.25) is 9.59 Å². The van der Waals surface area contributed by atoms with Gasteiger partial charge in [0.25, 0.3) is 5.91 Å². The van der Waals surface area contributed by atoms with Crippen molar-refractivity contribution in [2.45, 2.75) is 13.8 Å². The van der Waals surface area contributed by atoms with Crippen molar-refractivity contribution in [3.05, 3.63) is 78.0 Å². The molecule has 0 bridgehead atoms. The Hall–Kier alpha value is -3.67. The van der Waals surface area contributed by atoms with Gasteiger partial charge < -0.3 is 16.0 Å². The van der Waals surface area contributed by atoms with E-state index in [-0.39, 0.29) is 11.8 Å². The standard InChI is InChI=1S/C21H20N4O2/c1-14-4-3-5-19(12-14)24-20-13-16(10-11-22-20)21(27)25-18-8-6-17(7-9-18)23-15(2)26/h3-13H,1-2H3,(H,22,24)(H,23,26)(H,25,27). The molecule has 0 spiro atoms. The largest absolute Gasteiger partial charge is 0.340 e. The van der Waals surface area contributed by atoms with Crippen LogP contribution in [-0.2, 0) is 4.79 Å². The zero-order valence-corrected chi connectivity index (χ0v) is 15.1. The van der Waals surface area contributed by atoms with Gasteiger partial charge in [0.15, 0.2) is 0 Å². The summed E-state index contributed by atoms with van der Waals surface area (Å²) >= 11 is 0. The number of aromatic nitrogens is 1. The zero-order chi connectivity index (χ0) is 19.2. The molecule has 0 unspecified atom stereocenters. The van der Waals surface area contributed by atoms with Gasteiger partial charge in [-0.2, -0.15) is 0 Å². The van der Waals surface area contributed by atoms with Crippen LogP contribution in [0.4, 0.5) is 22.9 Å². The fourth-order valence-corrected chi connectivity index (χ4v) is 2.55. The Morgan fingerprint density at radius 2 is 1.56 bits per heavy atom. The van der Waals surface area contributed by atoms with E-state index in [2.05, 4.69) is 20.9 Å². The first kappa shape index (κ1) is 18.1. The predicted molar refractivity (Wildman–Crippen MR) is 107 cm³/mol. The summed E-state index contributed by atoms with van der Waals surface area (Å²) in [6.07, 6.45) is 1.59. The Labute approximate surface area is 157 Å². The molecule has 1 aromatic heterocycles. The summed E-state index contributed by atoms with van der Waals surface area (Å²) in [6.45, 7) is 3.46. The number of nitrogens with zero attached hydrogens (tertiary/aromatic N) is 1. The minimum absolute atomic E-state index is 0.141. The second kappa shape index (κ2) is 8.14. The van der Waals surface area contributed by atoms with E-state index in [0.29, 0.717) is 22.8 Å². The molecule has 0 aliphatic rings. The van der Waals surface area contributed by atoms with E-state index >= 15 is 0 Å². The first-order valence-corrected chi connectivity index (χ1v) is 8.48. The SMILES string of the molecule is CC(=O)Nc1ccc(NC(=O)c2ccnc(Nc3cccc(C)c3)c2)cc1. The van der Waals surface area contributed by atoms with Crippen molar-refractivity contribution in [1.82, 2.24) is 4.98 Å². The van der Waals surface area contributed by atoms with E-state index in [9.17, 15) is 9.59 Å². The van der Waals surface area contributed by atoms with Crippen LogP contribution in [-0.4, -0.2) is 16.8 Å². The Morgan fingerprint density at radius 3 is 2.22 bits per heavy atom. The van der Waals surface area contributed by atoms with Crippen molar-refractivity contribution >= 4 is 34.7 Å². The number of hydrogen-bond acceptors (Lipinski definition) is 4. The first-order chi connectivity index (χ1) is 13.0. The van der Waals surface area contributed by atoms with Crippen molar-refractivity contribution in [3.63, 3.8) is 0 Å². The van der Waals surface area contributed by atoms with E-state index < -0.39 is 0 Å². The van der Waals surface area contributed by atoms with Crippen molar-refractivity contribution in [2.75, 3.05) is 16.0 Å². The summed E-state index contributed by atoms with van der Waals surface area (Å²) in [5.41, 5.74) is 3.85. The summed E-state index contributed by atoms with van der Waals surface area (Å²) in [5, 5.41) is 8.71. The predicted octanol–water partition coefficient (Wildman–Crippen LogP) is 4.34. The third kappa shape index (κ3) is 5.15. The van der Waals surface area contributed by atoms with Gasteiger partial charge in [0, 0.05) is 35.7 Å². The summed E-state index contributed by atoms with van der Waals surface area (Å²) in [6, 6.07) is 18.2. The fourth-order valence-electron chi connectivity index (χ4n) is 2.55. The van der Waals surface area contributed by atoms with Gasteiger partial charge in [-0.1, -0.05) is 12.1 Å². The van der Waals surface area contributed by atoms with E-state index in [1.165, 1.54) is 6.92 Å². The number of benzene rings is 2. The van der Waals surface area contributed by atoms with Crippen LogP contribution >= 0.6 is 0 Å². The highest BCUT2D eigenvalue weighted by Gasteiger charge is 2.08. The number of carbonyl (C=O) groups is 2. The topological polar surface area (TPSA) is 83.1 Å². The maximum Gasteiger partial charge on any atom is 0.255 e. The lowest BCUT2D eigenvalue weighted by atomic mass is 10.2. The molecule has 3 N–H and O–H groups in total. The molecule has 0 atom stereocenters. The number of aryl methyl sites for hydroxylation is 1. The van der Waals surface area contributed by atoms with Crippen LogP contribution in [0, 0.1) is 6.92 Å². The van der Waals surface area contributed by atoms with Gasteiger partial charge >= 0.3 is 0 Å². The zero-order valence-electron chi connectivity index (χ0n) is 15.1. The summed E-state index contributed by atoms with van der Waals surface area (Å²) in [7, 11) is 0. The highest BCUT2D eigenvalue weighted by atomic mass is 16.2. The number of anilines is 4. The molecular formula is C21H20N4O2. The maximum atomic E-state index is 12.5. The minimum atomic E-state index is -0.239. The lowest BCUT2D eigenvalue weighted by molar-refractivity contribution is -0.114. The molecule has 3 aromatic rings. The molecule has 1 heterocycles. The van der Waals surface area contributed by atoms with E-state index in [1.54, 1.807) is 42.6 Å². The van der Waals surface area contributed by atoms with Gasteiger partial charge in [-0.15, -0.1) is 0 Å². The molecule has 6 nitrogen and oxygen atoms in total. The highest BCUT2D eigenvalue weighted by molar-refractivity contribution is 6.04. The quantitative estimate of drug-likeness (QED) is 0.632. The monoisotopic (exact) mass is 360 g/mol. The smallest absolute Gasteiger partial charge is 0.255 e. The molecular weight excluding hydrogens is 340 g/mol. The summed E-state index contributed by atoms with van der Waals surface area (Å²) < 4.78 is 0. The van der Waals surface area contributed by atoms with E-state index in [4.69, 9.17) is 0 Å². The molecule has 136 valence electrons. The Morgan fingerprint density at radius 1 is 0.852 bits per heavy atom. The van der Waals surface area contributed by atoms with Crippen LogP contribution in [0.1, 0.15) is 22.8 Å². The molecule has 6 heteroatoms. The van der Waals surface area contributed by atoms with Crippen molar-refractivity contribution in [1.29, 1.82) is 0 Å². The lowest BCUT2D eigenvalue weighted by Gasteiger charge is -2.09. The number of carbonyl (C=O) groups excluding carboxylic acids is 2. The Kier molecular flexibility index (Phi) is 5.47. The molecule has 27 heavy (non-hydrogen) atoms. The van der Waals surface area contributed by atoms with Gasteiger partial charge in [-0.25, -0.2) is 4.98 Å². The average Bonchev–Trinajstić information content (AvgIpc) is 2.63. The van der Waals surface area contributed by atoms with E-state index in [1.807, 2.05) is 31.2 Å². The Bertz CT molecular complexity index is 968. The van der Waals surface area contributed by atoms with Crippen molar-refractivity contribution in [3.8, 4) is 0 Å². The minimum Gasteiger partial charge on any atom is -0.340 e. The van der Waals surface area contributed by atoms with Gasteiger partial charge in [0.05, 0.1) is 0 Å². The molecule has 2 aromatic carbocycles. The third-order valence-electron chi connectivity index (χ3n) is 3.78. The number of hydrogen-bond donors (Lipinski definition) is 3. The van der Waals surface area contributed by atoms with Crippen LogP contribution in [0.15, 0.2) is 66.9 Å². The number of rotatable bonds is 5. The van der Waals surface area contributed by atoms with Crippen LogP contribution in [0.3, 0.4) is 0 Å². The molecule has 0 fully saturated rings. The third-order valence-corrected chi connectivity index (χ3v) is 3.78. The number of amides is 2. The van der Waals surface area contributed by atoms with E-state index in [0.717, 1.165) is 11.3 Å². The second-order valence-electron chi connectivity index (χ2n) is 6.14. The maximum absolute atomic E-state index is 12.5. The number of nitrogens with one attached hydrogen (secondary N) is 3. The molecule has 3 rings (SSSR count). The molecule has 0 aliphatic heterocycles. The Balaban J connectivity index is 1.69. The summed E-state index contributed by atoms with van der Waals surface area (Å²) in [5.74, 6) is 0.212. The van der Waals surface area contributed by atoms with Gasteiger partial charge in [0.1, 0.15) is 5.82 Å². The van der Waals surface area contributed by atoms with Crippen molar-refractivity contribution < 1.29 is 9.59 Å². The van der Waals surface area contributed by atoms with Gasteiger partial charge in [-0.05, 0) is 61.0 Å². The number of pyridine rings is 1. The van der Waals surface area contributed by atoms with Crippen LogP contribution < -0.4 is 16.0 Å². The van der Waals surface area contributed by atoms with Gasteiger partial charge in [0.2, 0.25) is 5.91 Å². The van der Waals surface area contributed by atoms with Crippen LogP contribution in [0.25, 0.3) is 0 Å². The lowest BCUT2D eigenvalue weighted by Crippen LogP contribution is -2.12. The van der Waals surface area contributed by atoms with Crippen LogP contribution in [0.5, 0.6) is 0 Å². The molecule has 0 aliphatic carbocycles. The fraction of sp³-hybridized carbons (Fsp3) is 0.0952. The normalized spacial score (nSPS) is 10.1. The molecule has 2 amide bonds. The average molecular weight is 360 g/mol. The summed E-state index contributed by atoms with van der Waals surface area (Å²) in [4.78, 5) is 27.8. The van der Waals surface area contributed by atoms with Crippen LogP contribution in [0.2, 0.25) is 0 Å². The second-order valence-corrected chi connectivity index (χ2v) is 6.14. The molecule has 0 radical (unpaired) electrons. The molecule has 0 saturated heterocycles.